The van der Waals surface area contributed by atoms with E-state index in [0.29, 0.717) is 12.6 Å². The predicted octanol–water partition coefficient (Wildman–Crippen LogP) is 2.56. The van der Waals surface area contributed by atoms with E-state index in [4.69, 9.17) is 4.74 Å². The Kier molecular flexibility index (Phi) is 3.01. The first-order valence-electron chi connectivity index (χ1n) is 6.61. The van der Waals surface area contributed by atoms with E-state index >= 15 is 0 Å². The van der Waals surface area contributed by atoms with Crippen LogP contribution in [0.25, 0.3) is 0 Å². The second-order valence-corrected chi connectivity index (χ2v) is 6.22. The van der Waals surface area contributed by atoms with Crippen molar-refractivity contribution >= 4 is 22.4 Å². The van der Waals surface area contributed by atoms with Crippen molar-refractivity contribution in [3.8, 4) is 0 Å². The molecule has 3 rings (SSSR count). The predicted molar refractivity (Wildman–Crippen MR) is 71.0 cm³/mol. The van der Waals surface area contributed by atoms with Gasteiger partial charge in [-0.05, 0) is 32.1 Å². The highest BCUT2D eigenvalue weighted by Crippen LogP contribution is 2.41. The van der Waals surface area contributed by atoms with Crippen LogP contribution < -0.4 is 5.32 Å². The molecule has 3 atom stereocenters. The number of carbonyl (C=O) groups is 1. The minimum absolute atomic E-state index is 0.118. The molecule has 0 aliphatic heterocycles. The van der Waals surface area contributed by atoms with Crippen LogP contribution in [0.1, 0.15) is 43.2 Å². The maximum Gasteiger partial charge on any atom is 0.315 e. The van der Waals surface area contributed by atoms with E-state index in [1.165, 1.54) is 11.3 Å². The molecule has 5 heteroatoms. The van der Waals surface area contributed by atoms with E-state index in [1.807, 2.05) is 6.92 Å². The van der Waals surface area contributed by atoms with Crippen LogP contribution in [0.3, 0.4) is 0 Å². The fourth-order valence-corrected chi connectivity index (χ4v) is 3.54. The van der Waals surface area contributed by atoms with Crippen molar-refractivity contribution in [1.82, 2.24) is 4.98 Å². The van der Waals surface area contributed by atoms with E-state index in [-0.39, 0.29) is 11.9 Å². The summed E-state index contributed by atoms with van der Waals surface area (Å²) in [5.41, 5.74) is 0.953. The monoisotopic (exact) mass is 266 g/mol. The summed E-state index contributed by atoms with van der Waals surface area (Å²) in [5, 5.41) is 4.42. The number of carbonyl (C=O) groups excluding carboxylic acids is 1. The van der Waals surface area contributed by atoms with Gasteiger partial charge in [-0.15, -0.1) is 11.3 Å². The van der Waals surface area contributed by atoms with Gasteiger partial charge in [-0.1, -0.05) is 6.92 Å². The van der Waals surface area contributed by atoms with Crippen molar-refractivity contribution in [1.29, 1.82) is 0 Å². The Morgan fingerprint density at radius 1 is 1.61 bits per heavy atom. The van der Waals surface area contributed by atoms with E-state index in [9.17, 15) is 4.79 Å². The third-order valence-electron chi connectivity index (χ3n) is 3.71. The lowest BCUT2D eigenvalue weighted by Crippen LogP contribution is -2.14. The van der Waals surface area contributed by atoms with E-state index in [0.717, 1.165) is 29.6 Å². The zero-order valence-electron chi connectivity index (χ0n) is 10.7. The molecule has 3 unspecified atom stereocenters. The smallest absolute Gasteiger partial charge is 0.315 e. The molecule has 2 aliphatic rings. The fraction of sp³-hybridized carbons (Fsp3) is 0.692. The molecule has 18 heavy (non-hydrogen) atoms. The molecule has 1 fully saturated rings. The Balaban J connectivity index is 1.72. The molecule has 4 nitrogen and oxygen atoms in total. The summed E-state index contributed by atoms with van der Waals surface area (Å²) in [7, 11) is 0. The number of fused-ring (bicyclic) bond motifs is 1. The summed E-state index contributed by atoms with van der Waals surface area (Å²) >= 11 is 1.70. The van der Waals surface area contributed by atoms with Crippen LogP contribution in [0.15, 0.2) is 0 Å². The number of nitrogens with zero attached hydrogens (tertiary/aromatic N) is 1. The number of rotatable bonds is 4. The maximum absolute atomic E-state index is 11.8. The van der Waals surface area contributed by atoms with Crippen LogP contribution >= 0.6 is 11.3 Å². The van der Waals surface area contributed by atoms with Gasteiger partial charge in [0.05, 0.1) is 12.3 Å². The Hall–Kier alpha value is -1.10. The first kappa shape index (κ1) is 12.0. The van der Waals surface area contributed by atoms with Gasteiger partial charge in [0, 0.05) is 10.9 Å². The number of aryl methyl sites for hydroxylation is 1. The molecule has 0 saturated heterocycles. The maximum atomic E-state index is 11.8. The lowest BCUT2D eigenvalue weighted by Gasteiger charge is -2.07. The third-order valence-corrected chi connectivity index (χ3v) is 4.77. The topological polar surface area (TPSA) is 51.2 Å². The number of hydrogen-bond acceptors (Lipinski definition) is 5. The van der Waals surface area contributed by atoms with Crippen LogP contribution in [0.5, 0.6) is 0 Å². The van der Waals surface area contributed by atoms with Crippen molar-refractivity contribution in [3.63, 3.8) is 0 Å². The Morgan fingerprint density at radius 3 is 3.06 bits per heavy atom. The Labute approximate surface area is 111 Å². The molecule has 1 N–H and O–H groups in total. The van der Waals surface area contributed by atoms with Gasteiger partial charge in [0.2, 0.25) is 0 Å². The lowest BCUT2D eigenvalue weighted by molar-refractivity contribution is -0.145. The number of thiazole rings is 1. The van der Waals surface area contributed by atoms with Crippen molar-refractivity contribution in [2.24, 2.45) is 5.92 Å². The van der Waals surface area contributed by atoms with E-state index in [1.54, 1.807) is 11.3 Å². The van der Waals surface area contributed by atoms with E-state index < -0.39 is 0 Å². The molecule has 0 bridgehead atoms. The average molecular weight is 266 g/mol. The van der Waals surface area contributed by atoms with Crippen molar-refractivity contribution < 1.29 is 9.53 Å². The van der Waals surface area contributed by atoms with Crippen LogP contribution in [0, 0.1) is 5.92 Å². The van der Waals surface area contributed by atoms with Crippen LogP contribution in [0.4, 0.5) is 5.13 Å². The van der Waals surface area contributed by atoms with Gasteiger partial charge in [-0.25, -0.2) is 4.98 Å². The summed E-state index contributed by atoms with van der Waals surface area (Å²) < 4.78 is 5.11. The molecule has 98 valence electrons. The van der Waals surface area contributed by atoms with Gasteiger partial charge < -0.3 is 10.1 Å². The average Bonchev–Trinajstić information content (AvgIpc) is 2.74. The standard InChI is InChI=1S/C13H18N2O2S/c1-3-17-12(16)8-4-5-10-11(8)15-13(18-10)14-9-6-7(9)2/h7-9H,3-6H2,1-2H3,(H,14,15). The minimum Gasteiger partial charge on any atom is -0.465 e. The fourth-order valence-electron chi connectivity index (χ4n) is 2.44. The lowest BCUT2D eigenvalue weighted by atomic mass is 10.1. The molecule has 1 heterocycles. The van der Waals surface area contributed by atoms with Crippen molar-refractivity contribution in [2.45, 2.75) is 45.1 Å². The molecular formula is C13H18N2O2S. The highest BCUT2D eigenvalue weighted by atomic mass is 32.1. The number of hydrogen-bond donors (Lipinski definition) is 1. The molecule has 1 aromatic rings. The zero-order valence-corrected chi connectivity index (χ0v) is 11.5. The second-order valence-electron chi connectivity index (χ2n) is 5.13. The van der Waals surface area contributed by atoms with E-state index in [2.05, 4.69) is 17.2 Å². The van der Waals surface area contributed by atoms with Gasteiger partial charge in [-0.2, -0.15) is 0 Å². The van der Waals surface area contributed by atoms with Gasteiger partial charge in [0.15, 0.2) is 5.13 Å². The van der Waals surface area contributed by atoms with Gasteiger partial charge in [-0.3, -0.25) is 4.79 Å². The highest BCUT2D eigenvalue weighted by molar-refractivity contribution is 7.15. The minimum atomic E-state index is -0.136. The summed E-state index contributed by atoms with van der Waals surface area (Å²) in [5.74, 6) is 0.501. The highest BCUT2D eigenvalue weighted by Gasteiger charge is 2.36. The van der Waals surface area contributed by atoms with Crippen LogP contribution in [-0.4, -0.2) is 23.6 Å². The molecule has 2 aliphatic carbocycles. The molecule has 1 aromatic heterocycles. The number of esters is 1. The number of nitrogens with one attached hydrogen (secondary N) is 1. The SMILES string of the molecule is CCOC(=O)C1CCc2sc(NC3CC3C)nc21. The molecule has 0 amide bonds. The summed E-state index contributed by atoms with van der Waals surface area (Å²) in [6.45, 7) is 4.52. The largest absolute Gasteiger partial charge is 0.465 e. The van der Waals surface area contributed by atoms with Crippen LogP contribution in [0.2, 0.25) is 0 Å². The van der Waals surface area contributed by atoms with Gasteiger partial charge in [0.25, 0.3) is 0 Å². The number of anilines is 1. The van der Waals surface area contributed by atoms with Crippen molar-refractivity contribution in [2.75, 3.05) is 11.9 Å². The van der Waals surface area contributed by atoms with Gasteiger partial charge in [0.1, 0.15) is 5.92 Å². The second kappa shape index (κ2) is 4.53. The van der Waals surface area contributed by atoms with Crippen LogP contribution in [-0.2, 0) is 16.0 Å². The normalized spacial score (nSPS) is 28.9. The Morgan fingerprint density at radius 2 is 2.39 bits per heavy atom. The van der Waals surface area contributed by atoms with Gasteiger partial charge >= 0.3 is 5.97 Å². The zero-order chi connectivity index (χ0) is 12.7. The number of aromatic nitrogens is 1. The molecule has 0 aromatic carbocycles. The first-order valence-corrected chi connectivity index (χ1v) is 7.43. The number of ether oxygens (including phenoxy) is 1. The summed E-state index contributed by atoms with van der Waals surface area (Å²) in [4.78, 5) is 17.7. The molecule has 0 radical (unpaired) electrons. The third kappa shape index (κ3) is 2.11. The molecule has 1 saturated carbocycles. The summed E-state index contributed by atoms with van der Waals surface area (Å²) in [6.07, 6.45) is 3.04. The molecular weight excluding hydrogens is 248 g/mol. The quantitative estimate of drug-likeness (QED) is 0.851. The van der Waals surface area contributed by atoms with Crippen molar-refractivity contribution in [3.05, 3.63) is 10.6 Å². The first-order chi connectivity index (χ1) is 8.69. The summed E-state index contributed by atoms with van der Waals surface area (Å²) in [6, 6.07) is 0.581. The Bertz CT molecular complexity index is 472. The molecule has 0 spiro atoms.